The first-order valence-electron chi connectivity index (χ1n) is 7.45. The van der Waals surface area contributed by atoms with E-state index in [1.807, 2.05) is 31.2 Å². The van der Waals surface area contributed by atoms with Gasteiger partial charge in [0, 0.05) is 20.0 Å². The maximum absolute atomic E-state index is 11.9. The Kier molecular flexibility index (Phi) is 5.80. The number of ether oxygens (including phenoxy) is 1. The van der Waals surface area contributed by atoms with Crippen LogP contribution >= 0.6 is 0 Å². The topological polar surface area (TPSA) is 71.8 Å². The highest BCUT2D eigenvalue weighted by atomic mass is 16.5. The molecule has 0 saturated carbocycles. The van der Waals surface area contributed by atoms with Crippen LogP contribution in [0.15, 0.2) is 47.1 Å². The van der Waals surface area contributed by atoms with E-state index in [2.05, 4.69) is 5.32 Å². The van der Waals surface area contributed by atoms with Gasteiger partial charge in [-0.3, -0.25) is 9.59 Å². The van der Waals surface area contributed by atoms with E-state index in [1.54, 1.807) is 17.0 Å². The molecule has 1 aromatic heterocycles. The Labute approximate surface area is 135 Å². The largest absolute Gasteiger partial charge is 0.492 e. The Hall–Kier alpha value is -2.76. The van der Waals surface area contributed by atoms with Crippen molar-refractivity contribution < 1.29 is 18.7 Å². The molecule has 0 atom stereocenters. The molecule has 0 aliphatic heterocycles. The summed E-state index contributed by atoms with van der Waals surface area (Å²) >= 11 is 0. The number of carbonyl (C=O) groups excluding carboxylic acids is 2. The van der Waals surface area contributed by atoms with Crippen LogP contribution in [0.5, 0.6) is 5.75 Å². The Bertz CT molecular complexity index is 652. The van der Waals surface area contributed by atoms with Crippen molar-refractivity contribution in [3.8, 4) is 5.75 Å². The molecule has 23 heavy (non-hydrogen) atoms. The van der Waals surface area contributed by atoms with Crippen LogP contribution in [0.2, 0.25) is 0 Å². The number of furan rings is 1. The molecule has 6 heteroatoms. The van der Waals surface area contributed by atoms with Crippen molar-refractivity contribution in [3.05, 3.63) is 48.4 Å². The summed E-state index contributed by atoms with van der Waals surface area (Å²) in [4.78, 5) is 25.4. The van der Waals surface area contributed by atoms with Gasteiger partial charge in [-0.25, -0.2) is 0 Å². The number of amides is 2. The second kappa shape index (κ2) is 8.03. The van der Waals surface area contributed by atoms with Crippen LogP contribution in [0.3, 0.4) is 0 Å². The Balaban J connectivity index is 2.02. The van der Waals surface area contributed by atoms with E-state index in [-0.39, 0.29) is 17.6 Å². The van der Waals surface area contributed by atoms with E-state index in [1.165, 1.54) is 13.2 Å². The number of para-hydroxylation sites is 2. The van der Waals surface area contributed by atoms with Gasteiger partial charge >= 0.3 is 0 Å². The molecule has 0 fully saturated rings. The number of nitrogens with one attached hydrogen (secondary N) is 1. The standard InChI is InChI=1S/C17H20N2O4/c1-3-22-15-8-5-4-7-14(15)19(13(2)20)11-10-18-17(21)16-9-6-12-23-16/h4-9,12H,3,10-11H2,1-2H3,(H,18,21). The maximum Gasteiger partial charge on any atom is 0.287 e. The van der Waals surface area contributed by atoms with Gasteiger partial charge < -0.3 is 19.4 Å². The van der Waals surface area contributed by atoms with Gasteiger partial charge in [-0.1, -0.05) is 12.1 Å². The van der Waals surface area contributed by atoms with Crippen LogP contribution in [0.25, 0.3) is 0 Å². The minimum Gasteiger partial charge on any atom is -0.492 e. The summed E-state index contributed by atoms with van der Waals surface area (Å²) in [5.74, 6) is 0.456. The normalized spacial score (nSPS) is 10.2. The second-order valence-electron chi connectivity index (χ2n) is 4.80. The van der Waals surface area contributed by atoms with E-state index in [0.29, 0.717) is 31.1 Å². The third-order valence-electron chi connectivity index (χ3n) is 3.20. The average molecular weight is 316 g/mol. The summed E-state index contributed by atoms with van der Waals surface area (Å²) in [6, 6.07) is 10.6. The molecule has 6 nitrogen and oxygen atoms in total. The molecule has 0 spiro atoms. The van der Waals surface area contributed by atoms with E-state index in [4.69, 9.17) is 9.15 Å². The lowest BCUT2D eigenvalue weighted by Crippen LogP contribution is -2.37. The van der Waals surface area contributed by atoms with Crippen molar-refractivity contribution in [2.75, 3.05) is 24.6 Å². The molecule has 0 unspecified atom stereocenters. The van der Waals surface area contributed by atoms with E-state index in [9.17, 15) is 9.59 Å². The molecule has 2 amide bonds. The van der Waals surface area contributed by atoms with Crippen LogP contribution < -0.4 is 15.0 Å². The summed E-state index contributed by atoms with van der Waals surface area (Å²) in [7, 11) is 0. The van der Waals surface area contributed by atoms with Gasteiger partial charge in [-0.15, -0.1) is 0 Å². The van der Waals surface area contributed by atoms with Crippen LogP contribution in [-0.2, 0) is 4.79 Å². The molecule has 0 aliphatic rings. The molecular weight excluding hydrogens is 296 g/mol. The van der Waals surface area contributed by atoms with Gasteiger partial charge in [-0.2, -0.15) is 0 Å². The first-order valence-corrected chi connectivity index (χ1v) is 7.45. The predicted molar refractivity (Wildman–Crippen MR) is 86.7 cm³/mol. The summed E-state index contributed by atoms with van der Waals surface area (Å²) in [5.41, 5.74) is 0.689. The zero-order valence-corrected chi connectivity index (χ0v) is 13.2. The number of anilines is 1. The third-order valence-corrected chi connectivity index (χ3v) is 3.20. The minimum absolute atomic E-state index is 0.121. The molecule has 1 heterocycles. The van der Waals surface area contributed by atoms with Gasteiger partial charge in [-0.05, 0) is 31.2 Å². The SMILES string of the molecule is CCOc1ccccc1N(CCNC(=O)c1ccco1)C(C)=O. The van der Waals surface area contributed by atoms with Crippen molar-refractivity contribution >= 4 is 17.5 Å². The molecule has 1 aromatic carbocycles. The number of rotatable bonds is 7. The quantitative estimate of drug-likeness (QED) is 0.852. The highest BCUT2D eigenvalue weighted by Gasteiger charge is 2.16. The van der Waals surface area contributed by atoms with Crippen molar-refractivity contribution in [3.63, 3.8) is 0 Å². The lowest BCUT2D eigenvalue weighted by atomic mass is 10.2. The zero-order chi connectivity index (χ0) is 16.7. The van der Waals surface area contributed by atoms with Gasteiger partial charge in [0.2, 0.25) is 5.91 Å². The lowest BCUT2D eigenvalue weighted by Gasteiger charge is -2.23. The van der Waals surface area contributed by atoms with Crippen LogP contribution in [0.1, 0.15) is 24.4 Å². The Morgan fingerprint density at radius 2 is 2.00 bits per heavy atom. The monoisotopic (exact) mass is 316 g/mol. The fraction of sp³-hybridized carbons (Fsp3) is 0.294. The van der Waals surface area contributed by atoms with Gasteiger partial charge in [0.25, 0.3) is 5.91 Å². The fourth-order valence-corrected chi connectivity index (χ4v) is 2.18. The molecule has 0 aliphatic carbocycles. The molecule has 1 N–H and O–H groups in total. The molecular formula is C17H20N2O4. The molecule has 0 bridgehead atoms. The Morgan fingerprint density at radius 1 is 1.22 bits per heavy atom. The van der Waals surface area contributed by atoms with E-state index >= 15 is 0 Å². The second-order valence-corrected chi connectivity index (χ2v) is 4.80. The van der Waals surface area contributed by atoms with Crippen molar-refractivity contribution in [1.82, 2.24) is 5.32 Å². The van der Waals surface area contributed by atoms with Crippen molar-refractivity contribution in [2.24, 2.45) is 0 Å². The van der Waals surface area contributed by atoms with E-state index in [0.717, 1.165) is 0 Å². The first kappa shape index (κ1) is 16.6. The number of benzene rings is 1. The summed E-state index contributed by atoms with van der Waals surface area (Å²) in [6.45, 7) is 4.53. The average Bonchev–Trinajstić information content (AvgIpc) is 3.07. The predicted octanol–water partition coefficient (Wildman–Crippen LogP) is 2.46. The summed E-state index contributed by atoms with van der Waals surface area (Å²) in [6.07, 6.45) is 1.44. The lowest BCUT2D eigenvalue weighted by molar-refractivity contribution is -0.116. The summed E-state index contributed by atoms with van der Waals surface area (Å²) < 4.78 is 10.6. The van der Waals surface area contributed by atoms with Crippen LogP contribution in [-0.4, -0.2) is 31.5 Å². The minimum atomic E-state index is -0.309. The highest BCUT2D eigenvalue weighted by molar-refractivity contribution is 5.94. The van der Waals surface area contributed by atoms with Gasteiger partial charge in [0.15, 0.2) is 5.76 Å². The Morgan fingerprint density at radius 3 is 2.65 bits per heavy atom. The van der Waals surface area contributed by atoms with Crippen LogP contribution in [0.4, 0.5) is 5.69 Å². The first-order chi connectivity index (χ1) is 11.1. The number of nitrogens with zero attached hydrogens (tertiary/aromatic N) is 1. The van der Waals surface area contributed by atoms with Crippen molar-refractivity contribution in [2.45, 2.75) is 13.8 Å². The van der Waals surface area contributed by atoms with Crippen molar-refractivity contribution in [1.29, 1.82) is 0 Å². The van der Waals surface area contributed by atoms with Gasteiger partial charge in [0.1, 0.15) is 5.75 Å². The van der Waals surface area contributed by atoms with E-state index < -0.39 is 0 Å². The van der Waals surface area contributed by atoms with Crippen LogP contribution in [0, 0.1) is 0 Å². The molecule has 2 rings (SSSR count). The molecule has 122 valence electrons. The highest BCUT2D eigenvalue weighted by Crippen LogP contribution is 2.27. The molecule has 0 saturated heterocycles. The number of hydrogen-bond acceptors (Lipinski definition) is 4. The molecule has 2 aromatic rings. The summed E-state index contributed by atoms with van der Waals surface area (Å²) in [5, 5.41) is 2.72. The third kappa shape index (κ3) is 4.35. The smallest absolute Gasteiger partial charge is 0.287 e. The van der Waals surface area contributed by atoms with Gasteiger partial charge in [0.05, 0.1) is 18.6 Å². The molecule has 0 radical (unpaired) electrons. The maximum atomic E-state index is 11.9. The fourth-order valence-electron chi connectivity index (χ4n) is 2.18. The number of carbonyl (C=O) groups is 2. The number of hydrogen-bond donors (Lipinski definition) is 1. The zero-order valence-electron chi connectivity index (χ0n) is 13.2.